The maximum Gasteiger partial charge on any atom is 0.416 e. The van der Waals surface area contributed by atoms with E-state index in [9.17, 15) is 27.2 Å². The van der Waals surface area contributed by atoms with Gasteiger partial charge in [0.1, 0.15) is 11.9 Å². The Balaban J connectivity index is 1.89. The van der Waals surface area contributed by atoms with Crippen LogP contribution in [0.4, 0.5) is 34.6 Å². The number of nitrogens with one attached hydrogen (secondary N) is 3. The molecule has 0 bridgehead atoms. The van der Waals surface area contributed by atoms with Crippen LogP contribution >= 0.6 is 0 Å². The van der Waals surface area contributed by atoms with Gasteiger partial charge in [0.2, 0.25) is 5.91 Å². The first-order chi connectivity index (χ1) is 15.1. The summed E-state index contributed by atoms with van der Waals surface area (Å²) in [6.45, 7) is 1.23. The molecular weight excluding hydrogens is 426 g/mol. The Morgan fingerprint density at radius 2 is 1.56 bits per heavy atom. The Kier molecular flexibility index (Phi) is 6.77. The molecule has 0 aliphatic heterocycles. The van der Waals surface area contributed by atoms with Crippen molar-refractivity contribution in [3.63, 3.8) is 0 Å². The van der Waals surface area contributed by atoms with Gasteiger partial charge < -0.3 is 16.0 Å². The lowest BCUT2D eigenvalue weighted by molar-refractivity contribution is -0.137. The van der Waals surface area contributed by atoms with Crippen LogP contribution in [-0.4, -0.2) is 11.8 Å². The first kappa shape index (κ1) is 22.8. The fourth-order valence-electron chi connectivity index (χ4n) is 3.00. The van der Waals surface area contributed by atoms with Crippen molar-refractivity contribution in [1.29, 1.82) is 0 Å². The molecule has 0 aliphatic rings. The van der Waals surface area contributed by atoms with Crippen LogP contribution in [0, 0.1) is 5.82 Å². The van der Waals surface area contributed by atoms with E-state index in [1.54, 1.807) is 30.3 Å². The predicted molar refractivity (Wildman–Crippen MR) is 114 cm³/mol. The third-order valence-corrected chi connectivity index (χ3v) is 4.44. The van der Waals surface area contributed by atoms with Crippen LogP contribution in [0.1, 0.15) is 24.1 Å². The average Bonchev–Trinajstić information content (AvgIpc) is 2.74. The molecule has 0 aliphatic carbocycles. The Bertz CT molecular complexity index is 1120. The van der Waals surface area contributed by atoms with Crippen molar-refractivity contribution in [3.8, 4) is 0 Å². The number of carbonyl (C=O) groups is 2. The van der Waals surface area contributed by atoms with Gasteiger partial charge in [-0.25, -0.2) is 4.39 Å². The Morgan fingerprint density at radius 1 is 0.844 bits per heavy atom. The van der Waals surface area contributed by atoms with E-state index >= 15 is 0 Å². The zero-order valence-electron chi connectivity index (χ0n) is 16.8. The molecule has 1 atom stereocenters. The van der Waals surface area contributed by atoms with E-state index in [-0.39, 0.29) is 11.4 Å². The summed E-state index contributed by atoms with van der Waals surface area (Å²) in [5.74, 6) is -1.75. The minimum atomic E-state index is -4.55. The number of benzene rings is 3. The number of hydrogen-bond donors (Lipinski definition) is 3. The highest BCUT2D eigenvalue weighted by molar-refractivity contribution is 5.97. The van der Waals surface area contributed by atoms with Gasteiger partial charge in [-0.05, 0) is 42.0 Å². The Labute approximate surface area is 181 Å². The Hall–Kier alpha value is -3.88. The van der Waals surface area contributed by atoms with Gasteiger partial charge in [-0.1, -0.05) is 36.4 Å². The fraction of sp³-hybridized carbons (Fsp3) is 0.130. The topological polar surface area (TPSA) is 70.2 Å². The van der Waals surface area contributed by atoms with E-state index in [4.69, 9.17) is 0 Å². The van der Waals surface area contributed by atoms with E-state index in [0.29, 0.717) is 11.3 Å². The number of halogens is 4. The lowest BCUT2D eigenvalue weighted by Crippen LogP contribution is -2.27. The SMILES string of the molecule is CC(=O)Nc1cc(N[C@H](C(=O)Nc2cccc(C(F)(F)F)c2)c2ccccc2)ccc1F. The van der Waals surface area contributed by atoms with Crippen molar-refractivity contribution in [3.05, 3.63) is 89.7 Å². The van der Waals surface area contributed by atoms with Gasteiger partial charge in [-0.3, -0.25) is 9.59 Å². The Morgan fingerprint density at radius 3 is 2.22 bits per heavy atom. The van der Waals surface area contributed by atoms with Crippen molar-refractivity contribution in [2.24, 2.45) is 0 Å². The zero-order valence-corrected chi connectivity index (χ0v) is 16.8. The monoisotopic (exact) mass is 445 g/mol. The van der Waals surface area contributed by atoms with E-state index in [1.807, 2.05) is 0 Å². The molecule has 2 amide bonds. The number of alkyl halides is 3. The minimum Gasteiger partial charge on any atom is -0.370 e. The van der Waals surface area contributed by atoms with Crippen LogP contribution in [0.5, 0.6) is 0 Å². The van der Waals surface area contributed by atoms with Gasteiger partial charge >= 0.3 is 6.18 Å². The van der Waals surface area contributed by atoms with Gasteiger partial charge in [-0.2, -0.15) is 13.2 Å². The lowest BCUT2D eigenvalue weighted by Gasteiger charge is -2.21. The summed E-state index contributed by atoms with van der Waals surface area (Å²) < 4.78 is 52.9. The summed E-state index contributed by atoms with van der Waals surface area (Å²) in [7, 11) is 0. The summed E-state index contributed by atoms with van der Waals surface area (Å²) in [5.41, 5.74) is -0.137. The molecule has 5 nitrogen and oxygen atoms in total. The summed E-state index contributed by atoms with van der Waals surface area (Å²) in [5, 5.41) is 7.79. The molecule has 0 radical (unpaired) electrons. The standard InChI is InChI=1S/C23H19F4N3O2/c1-14(31)28-20-13-18(10-11-19(20)24)29-21(15-6-3-2-4-7-15)22(32)30-17-9-5-8-16(12-17)23(25,26)27/h2-13,21,29H,1H3,(H,28,31)(H,30,32)/t21-/m0/s1. The fourth-order valence-corrected chi connectivity index (χ4v) is 3.00. The summed E-state index contributed by atoms with van der Waals surface area (Å²) in [6, 6.07) is 15.6. The zero-order chi connectivity index (χ0) is 23.3. The van der Waals surface area contributed by atoms with E-state index in [1.165, 1.54) is 31.2 Å². The first-order valence-corrected chi connectivity index (χ1v) is 9.50. The minimum absolute atomic E-state index is 0.0226. The van der Waals surface area contributed by atoms with Crippen LogP contribution in [0.15, 0.2) is 72.8 Å². The molecule has 0 fully saturated rings. The summed E-state index contributed by atoms with van der Waals surface area (Å²) >= 11 is 0. The maximum atomic E-state index is 14.0. The van der Waals surface area contributed by atoms with Gasteiger partial charge in [0.05, 0.1) is 11.3 Å². The molecule has 9 heteroatoms. The van der Waals surface area contributed by atoms with Crippen molar-refractivity contribution in [2.45, 2.75) is 19.1 Å². The first-order valence-electron chi connectivity index (χ1n) is 9.50. The van der Waals surface area contributed by atoms with E-state index in [0.717, 1.165) is 18.2 Å². The van der Waals surface area contributed by atoms with Crippen LogP contribution in [0.25, 0.3) is 0 Å². The second-order valence-electron chi connectivity index (χ2n) is 6.93. The largest absolute Gasteiger partial charge is 0.416 e. The highest BCUT2D eigenvalue weighted by Crippen LogP contribution is 2.31. The van der Waals surface area contributed by atoms with Gasteiger partial charge in [0.15, 0.2) is 0 Å². The summed E-state index contributed by atoms with van der Waals surface area (Å²) in [4.78, 5) is 24.3. The lowest BCUT2D eigenvalue weighted by atomic mass is 10.1. The second-order valence-corrected chi connectivity index (χ2v) is 6.93. The van der Waals surface area contributed by atoms with Crippen molar-refractivity contribution in [1.82, 2.24) is 0 Å². The molecule has 3 aromatic carbocycles. The number of amides is 2. The van der Waals surface area contributed by atoms with E-state index < -0.39 is 35.4 Å². The number of carbonyl (C=O) groups excluding carboxylic acids is 2. The highest BCUT2D eigenvalue weighted by Gasteiger charge is 2.31. The van der Waals surface area contributed by atoms with Gasteiger partial charge in [0, 0.05) is 18.3 Å². The van der Waals surface area contributed by atoms with Crippen molar-refractivity contribution in [2.75, 3.05) is 16.0 Å². The van der Waals surface area contributed by atoms with Gasteiger partial charge in [0.25, 0.3) is 5.91 Å². The third kappa shape index (κ3) is 5.84. The number of rotatable bonds is 6. The van der Waals surface area contributed by atoms with Gasteiger partial charge in [-0.15, -0.1) is 0 Å². The molecule has 0 heterocycles. The molecule has 0 saturated carbocycles. The number of anilines is 3. The maximum absolute atomic E-state index is 14.0. The molecule has 0 saturated heterocycles. The molecule has 3 aromatic rings. The molecule has 32 heavy (non-hydrogen) atoms. The molecule has 0 spiro atoms. The molecular formula is C23H19F4N3O2. The van der Waals surface area contributed by atoms with Crippen molar-refractivity contribution >= 4 is 28.9 Å². The third-order valence-electron chi connectivity index (χ3n) is 4.44. The molecule has 0 unspecified atom stereocenters. The molecule has 3 rings (SSSR count). The predicted octanol–water partition coefficient (Wildman–Crippen LogP) is 5.59. The van der Waals surface area contributed by atoms with Crippen molar-refractivity contribution < 1.29 is 27.2 Å². The quantitative estimate of drug-likeness (QED) is 0.433. The second kappa shape index (κ2) is 9.51. The number of hydrogen-bond acceptors (Lipinski definition) is 3. The average molecular weight is 445 g/mol. The van der Waals surface area contributed by atoms with Crippen LogP contribution in [0.3, 0.4) is 0 Å². The molecule has 3 N–H and O–H groups in total. The van der Waals surface area contributed by atoms with Crippen LogP contribution in [0.2, 0.25) is 0 Å². The summed E-state index contributed by atoms with van der Waals surface area (Å²) in [6.07, 6.45) is -4.55. The molecule has 166 valence electrons. The smallest absolute Gasteiger partial charge is 0.370 e. The van der Waals surface area contributed by atoms with Crippen LogP contribution in [-0.2, 0) is 15.8 Å². The normalized spacial score (nSPS) is 12.0. The molecule has 0 aromatic heterocycles. The van der Waals surface area contributed by atoms with E-state index in [2.05, 4.69) is 16.0 Å². The van der Waals surface area contributed by atoms with Crippen LogP contribution < -0.4 is 16.0 Å². The highest BCUT2D eigenvalue weighted by atomic mass is 19.4.